The largest absolute Gasteiger partial charge is 0.308 e. The van der Waals surface area contributed by atoms with Crippen molar-refractivity contribution in [3.63, 3.8) is 0 Å². The normalized spacial score (nSPS) is 11.7. The molecule has 0 saturated heterocycles. The van der Waals surface area contributed by atoms with Gasteiger partial charge in [-0.3, -0.25) is 0 Å². The van der Waals surface area contributed by atoms with E-state index >= 15 is 0 Å². The molecule has 0 fully saturated rings. The second-order valence-corrected chi connectivity index (χ2v) is 16.7. The van der Waals surface area contributed by atoms with E-state index in [1.54, 1.807) is 0 Å². The summed E-state index contributed by atoms with van der Waals surface area (Å²) in [5.74, 6) is 0. The first-order valence-electron chi connectivity index (χ1n) is 20.4. The average molecular weight is 797 g/mol. The molecule has 0 radical (unpaired) electrons. The fraction of sp³-hybridized carbons (Fsp3) is 0.591. The van der Waals surface area contributed by atoms with Crippen LogP contribution in [0.4, 0.5) is 0 Å². The third kappa shape index (κ3) is 8.92. The van der Waals surface area contributed by atoms with E-state index in [-0.39, 0.29) is 12.6 Å². The molecule has 0 atom stereocenters. The predicted molar refractivity (Wildman–Crippen MR) is 235 cm³/mol. The van der Waals surface area contributed by atoms with Crippen LogP contribution in [-0.4, -0.2) is 110 Å². The van der Waals surface area contributed by atoms with Gasteiger partial charge in [0, 0.05) is 47.3 Å². The molecule has 0 aliphatic heterocycles. The fourth-order valence-electron chi connectivity index (χ4n) is 6.84. The number of aryl methyl sites for hydroxylation is 6. The summed E-state index contributed by atoms with van der Waals surface area (Å²) in [7, 11) is 8.35. The second-order valence-electron chi connectivity index (χ2n) is 16.7. The number of rotatable bonds is 9. The Balaban J connectivity index is 0.000000217. The van der Waals surface area contributed by atoms with E-state index in [1.807, 2.05) is 28.1 Å². The van der Waals surface area contributed by atoms with Gasteiger partial charge >= 0.3 is 0 Å². The minimum atomic E-state index is -0.243. The lowest BCUT2D eigenvalue weighted by molar-refractivity contribution is 0.268. The average Bonchev–Trinajstić information content (AvgIpc) is 3.91. The van der Waals surface area contributed by atoms with Gasteiger partial charge in [0.15, 0.2) is 0 Å². The van der Waals surface area contributed by atoms with E-state index in [9.17, 15) is 0 Å². The highest BCUT2D eigenvalue weighted by atomic mass is 15.6. The van der Waals surface area contributed by atoms with Gasteiger partial charge in [-0.15, -0.1) is 0 Å². The summed E-state index contributed by atoms with van der Waals surface area (Å²) >= 11 is 0. The van der Waals surface area contributed by atoms with E-state index in [0.717, 1.165) is 81.4 Å². The van der Waals surface area contributed by atoms with Crippen LogP contribution in [0, 0.1) is 125 Å². The Morgan fingerprint density at radius 2 is 0.431 bits per heavy atom. The van der Waals surface area contributed by atoms with Crippen LogP contribution in [0.15, 0.2) is 0 Å². The number of nitrogens with zero attached hydrogens (tertiary/aromatic N) is 14. The molecular weight excluding hydrogens is 725 g/mol. The Hall–Kier alpha value is -4.82. The smallest absolute Gasteiger partial charge is 0.238 e. The molecule has 0 unspecified atom stereocenters. The molecule has 0 N–H and O–H groups in total. The maximum Gasteiger partial charge on any atom is 0.238 e. The van der Waals surface area contributed by atoms with E-state index in [4.69, 9.17) is 30.6 Å². The molecule has 14 nitrogen and oxygen atoms in total. The third-order valence-electron chi connectivity index (χ3n) is 12.4. The maximum absolute atomic E-state index is 4.82. The van der Waals surface area contributed by atoms with Crippen molar-refractivity contribution in [2.75, 3.05) is 41.3 Å². The number of likely N-dealkylation sites (N-methyl/N-ethyl adjacent to an activating group) is 2. The minimum Gasteiger partial charge on any atom is -0.308 e. The van der Waals surface area contributed by atoms with Gasteiger partial charge in [0.1, 0.15) is 0 Å². The molecule has 0 aromatic carbocycles. The Kier molecular flexibility index (Phi) is 14.2. The summed E-state index contributed by atoms with van der Waals surface area (Å²) in [6.45, 7) is 39.9. The third-order valence-corrected chi connectivity index (χ3v) is 12.4. The van der Waals surface area contributed by atoms with E-state index in [1.165, 1.54) is 33.4 Å². The van der Waals surface area contributed by atoms with Crippen molar-refractivity contribution in [3.05, 3.63) is 102 Å². The molecule has 6 aromatic rings. The quantitative estimate of drug-likeness (QED) is 0.150. The van der Waals surface area contributed by atoms with Gasteiger partial charge in [0.25, 0.3) is 0 Å². The zero-order valence-corrected chi connectivity index (χ0v) is 39.8. The standard InChI is InChI=1S/2C19H28N6.C6H16N2/c2*1-10-13(4)20-23(16(10)7)19(24-17(8)11(2)14(5)21-24)25-18(9)12(3)15(6)22-25;1-7(2)5-6-8(3)4/h2*19H,1-9H3;5-6H2,1-4H3. The van der Waals surface area contributed by atoms with Gasteiger partial charge in [-0.25, -0.2) is 28.1 Å². The lowest BCUT2D eigenvalue weighted by Gasteiger charge is -2.23. The molecule has 6 rings (SSSR count). The zero-order chi connectivity index (χ0) is 43.8. The number of hydrogen-bond donors (Lipinski definition) is 0. The molecule has 6 aromatic heterocycles. The number of aromatic nitrogens is 12. The van der Waals surface area contributed by atoms with E-state index in [0.29, 0.717) is 0 Å². The molecule has 0 saturated carbocycles. The van der Waals surface area contributed by atoms with Crippen LogP contribution >= 0.6 is 0 Å². The highest BCUT2D eigenvalue weighted by Gasteiger charge is 2.29. The van der Waals surface area contributed by atoms with Crippen LogP contribution in [0.3, 0.4) is 0 Å². The predicted octanol–water partition coefficient (Wildman–Crippen LogP) is 7.32. The van der Waals surface area contributed by atoms with Crippen molar-refractivity contribution in [2.24, 2.45) is 0 Å². The monoisotopic (exact) mass is 797 g/mol. The molecule has 6 heterocycles. The first-order chi connectivity index (χ1) is 26.9. The van der Waals surface area contributed by atoms with Crippen LogP contribution in [0.2, 0.25) is 0 Å². The second kappa shape index (κ2) is 18.0. The van der Waals surface area contributed by atoms with Gasteiger partial charge < -0.3 is 9.80 Å². The maximum atomic E-state index is 4.82. The molecule has 0 aliphatic rings. The summed E-state index contributed by atoms with van der Waals surface area (Å²) in [5.41, 5.74) is 20.3. The van der Waals surface area contributed by atoms with Crippen LogP contribution in [-0.2, 0) is 0 Å². The van der Waals surface area contributed by atoms with E-state index < -0.39 is 0 Å². The fourth-order valence-corrected chi connectivity index (χ4v) is 6.84. The first kappa shape index (κ1) is 45.9. The Morgan fingerprint density at radius 1 is 0.293 bits per heavy atom. The van der Waals surface area contributed by atoms with Crippen molar-refractivity contribution in [1.29, 1.82) is 0 Å². The van der Waals surface area contributed by atoms with Crippen LogP contribution in [0.1, 0.15) is 114 Å². The minimum absolute atomic E-state index is 0.243. The van der Waals surface area contributed by atoms with Crippen LogP contribution in [0.5, 0.6) is 0 Å². The van der Waals surface area contributed by atoms with Crippen molar-refractivity contribution in [2.45, 2.75) is 137 Å². The van der Waals surface area contributed by atoms with Gasteiger partial charge in [-0.05, 0) is 186 Å². The molecule has 0 bridgehead atoms. The molecule has 14 heteroatoms. The first-order valence-corrected chi connectivity index (χ1v) is 20.4. The van der Waals surface area contributed by atoms with E-state index in [2.05, 4.69) is 163 Å². The Bertz CT molecular complexity index is 1950. The molecule has 0 amide bonds. The summed E-state index contributed by atoms with van der Waals surface area (Å²) in [4.78, 5) is 4.36. The lowest BCUT2D eigenvalue weighted by atomic mass is 10.2. The topological polar surface area (TPSA) is 113 Å². The van der Waals surface area contributed by atoms with Gasteiger partial charge in [-0.2, -0.15) is 30.6 Å². The van der Waals surface area contributed by atoms with Crippen molar-refractivity contribution >= 4 is 0 Å². The highest BCUT2D eigenvalue weighted by molar-refractivity contribution is 5.29. The SMILES string of the molecule is CN(C)CCN(C)C.Cc1nn(C(n2nc(C)c(C)c2C)n2nc(C)c(C)c2C)c(C)c1C.Cc1nn(C(n2nc(C)c(C)c2C)n2nc(C)c(C)c2C)c(C)c1C. The van der Waals surface area contributed by atoms with Crippen molar-refractivity contribution in [3.8, 4) is 0 Å². The molecule has 318 valence electrons. The molecule has 58 heavy (non-hydrogen) atoms. The van der Waals surface area contributed by atoms with Crippen LogP contribution < -0.4 is 0 Å². The van der Waals surface area contributed by atoms with Crippen molar-refractivity contribution in [1.82, 2.24) is 68.5 Å². The molecule has 0 aliphatic carbocycles. The summed E-state index contributed by atoms with van der Waals surface area (Å²) in [6, 6.07) is 0. The summed E-state index contributed by atoms with van der Waals surface area (Å²) < 4.78 is 12.3. The lowest BCUT2D eigenvalue weighted by Crippen LogP contribution is -2.31. The Morgan fingerprint density at radius 3 is 0.517 bits per heavy atom. The molecular formula is C44H72N14. The van der Waals surface area contributed by atoms with Crippen LogP contribution in [0.25, 0.3) is 0 Å². The zero-order valence-electron chi connectivity index (χ0n) is 39.8. The Labute approximate surface area is 347 Å². The highest BCUT2D eigenvalue weighted by Crippen LogP contribution is 2.28. The van der Waals surface area contributed by atoms with Gasteiger partial charge in [0.2, 0.25) is 12.6 Å². The molecule has 0 spiro atoms. The van der Waals surface area contributed by atoms with Gasteiger partial charge in [0.05, 0.1) is 34.2 Å². The summed E-state index contributed by atoms with van der Waals surface area (Å²) in [5, 5.41) is 28.9. The number of hydrogen-bond acceptors (Lipinski definition) is 8. The van der Waals surface area contributed by atoms with Crippen molar-refractivity contribution < 1.29 is 0 Å². The summed E-state index contributed by atoms with van der Waals surface area (Å²) in [6.07, 6.45) is -0.487. The van der Waals surface area contributed by atoms with Gasteiger partial charge in [-0.1, -0.05) is 0 Å².